The Morgan fingerprint density at radius 2 is 1.39 bits per heavy atom. The number of methoxy groups -OCH3 is 1. The number of aryl methyl sites for hydroxylation is 1. The minimum Gasteiger partial charge on any atom is -0.357 e. The van der Waals surface area contributed by atoms with Crippen molar-refractivity contribution in [2.45, 2.75) is 31.5 Å². The highest BCUT2D eigenvalue weighted by Crippen LogP contribution is 2.47. The van der Waals surface area contributed by atoms with Gasteiger partial charge in [-0.25, -0.2) is 0 Å². The molecule has 0 N–H and O–H groups in total. The Morgan fingerprint density at radius 3 is 1.97 bits per heavy atom. The number of hydrogen-bond donors (Lipinski definition) is 0. The van der Waals surface area contributed by atoms with Gasteiger partial charge in [-0.05, 0) is 37.1 Å². The van der Waals surface area contributed by atoms with E-state index in [0.717, 1.165) is 39.0 Å². The van der Waals surface area contributed by atoms with E-state index in [1.807, 2.05) is 7.11 Å². The Hall–Kier alpha value is -1.88. The molecule has 0 aliphatic carbocycles. The lowest BCUT2D eigenvalue weighted by atomic mass is 9.84. The van der Waals surface area contributed by atoms with Crippen molar-refractivity contribution in [2.75, 3.05) is 33.3 Å². The third-order valence-electron chi connectivity index (χ3n) is 6.61. The number of likely N-dealkylation sites (N-methyl/N-ethyl adjacent to an activating group) is 1. The van der Waals surface area contributed by atoms with Gasteiger partial charge in [0.15, 0.2) is 5.72 Å². The van der Waals surface area contributed by atoms with Gasteiger partial charge in [0.25, 0.3) is 0 Å². The van der Waals surface area contributed by atoms with Gasteiger partial charge in [0, 0.05) is 25.8 Å². The van der Waals surface area contributed by atoms with E-state index in [0.29, 0.717) is 0 Å². The predicted octanol–water partition coefficient (Wildman–Crippen LogP) is 6.34. The van der Waals surface area contributed by atoms with Crippen LogP contribution < -0.4 is 0 Å². The van der Waals surface area contributed by atoms with E-state index in [9.17, 15) is 0 Å². The van der Waals surface area contributed by atoms with E-state index >= 15 is 0 Å². The summed E-state index contributed by atoms with van der Waals surface area (Å²) in [5, 5.41) is 0. The van der Waals surface area contributed by atoms with Gasteiger partial charge in [0.1, 0.15) is 0 Å². The van der Waals surface area contributed by atoms with Gasteiger partial charge in [-0.2, -0.15) is 0 Å². The molecule has 33 heavy (non-hydrogen) atoms. The summed E-state index contributed by atoms with van der Waals surface area (Å²) in [6, 6.07) is 32.6. The summed E-state index contributed by atoms with van der Waals surface area (Å²) in [5.74, 6) is 0. The summed E-state index contributed by atoms with van der Waals surface area (Å²) in [6.45, 7) is 6.27. The number of benzene rings is 3. The Labute approximate surface area is 211 Å². The highest BCUT2D eigenvalue weighted by atomic mass is 35.5. The van der Waals surface area contributed by atoms with Crippen LogP contribution in [0.2, 0.25) is 0 Å². The lowest BCUT2D eigenvalue weighted by Gasteiger charge is -2.55. The number of nitrogens with zero attached hydrogens (tertiary/aromatic N) is 2. The molecule has 0 radical (unpaired) electrons. The first-order valence-corrected chi connectivity index (χ1v) is 11.5. The summed E-state index contributed by atoms with van der Waals surface area (Å²) in [7, 11) is 1.87. The van der Waals surface area contributed by atoms with E-state index < -0.39 is 5.72 Å². The molecule has 0 aromatic heterocycles. The fourth-order valence-corrected chi connectivity index (χ4v) is 5.18. The van der Waals surface area contributed by atoms with Crippen LogP contribution in [0.5, 0.6) is 0 Å². The van der Waals surface area contributed by atoms with Gasteiger partial charge in [0.05, 0.1) is 6.04 Å². The van der Waals surface area contributed by atoms with Crippen molar-refractivity contribution in [3.8, 4) is 0 Å². The van der Waals surface area contributed by atoms with E-state index in [2.05, 4.69) is 108 Å². The lowest BCUT2D eigenvalue weighted by molar-refractivity contribution is -0.217. The molecule has 0 amide bonds. The smallest absolute Gasteiger partial charge is 0.167 e. The van der Waals surface area contributed by atoms with Crippen molar-refractivity contribution in [1.82, 2.24) is 9.80 Å². The van der Waals surface area contributed by atoms with Crippen LogP contribution in [0.4, 0.5) is 0 Å². The standard InChI is InChI=1S/C28H34N2O.2ClH/c1-3-30-23-22-29(21-13-16-24-14-7-4-8-15-24)27(25-17-9-5-10-18-25)28(30,31-2)26-19-11-6-12-20-26;;/h4-12,14-15,17-20,27H,3,13,16,21-23H2,1-2H3;2*1H. The van der Waals surface area contributed by atoms with Crippen LogP contribution in [-0.2, 0) is 16.9 Å². The van der Waals surface area contributed by atoms with Crippen molar-refractivity contribution in [3.05, 3.63) is 108 Å². The number of piperazine rings is 1. The minimum absolute atomic E-state index is 0. The fourth-order valence-electron chi connectivity index (χ4n) is 5.18. The predicted molar refractivity (Wildman–Crippen MR) is 142 cm³/mol. The summed E-state index contributed by atoms with van der Waals surface area (Å²) in [6.07, 6.45) is 2.23. The van der Waals surface area contributed by atoms with E-state index in [1.54, 1.807) is 0 Å². The van der Waals surface area contributed by atoms with Crippen molar-refractivity contribution >= 4 is 24.8 Å². The van der Waals surface area contributed by atoms with Crippen LogP contribution >= 0.6 is 24.8 Å². The third kappa shape index (κ3) is 5.79. The molecule has 0 saturated carbocycles. The molecule has 1 saturated heterocycles. The highest BCUT2D eigenvalue weighted by Gasteiger charge is 2.51. The first-order valence-electron chi connectivity index (χ1n) is 11.5. The first-order chi connectivity index (χ1) is 15.3. The normalized spacial score (nSPS) is 21.1. The Balaban J connectivity index is 0.00000193. The number of rotatable bonds is 8. The zero-order chi connectivity index (χ0) is 21.5. The molecular weight excluding hydrogens is 451 g/mol. The van der Waals surface area contributed by atoms with Gasteiger partial charge in [0.2, 0.25) is 0 Å². The van der Waals surface area contributed by atoms with Gasteiger partial charge >= 0.3 is 0 Å². The average molecular weight is 488 g/mol. The Bertz CT molecular complexity index is 926. The summed E-state index contributed by atoms with van der Waals surface area (Å²) in [5.41, 5.74) is 3.43. The van der Waals surface area contributed by atoms with Crippen molar-refractivity contribution in [1.29, 1.82) is 0 Å². The number of halogens is 2. The maximum Gasteiger partial charge on any atom is 0.167 e. The monoisotopic (exact) mass is 486 g/mol. The minimum atomic E-state index is -0.512. The second kappa shape index (κ2) is 13.1. The molecule has 3 aromatic carbocycles. The van der Waals surface area contributed by atoms with Crippen LogP contribution in [0.15, 0.2) is 91.0 Å². The van der Waals surface area contributed by atoms with Gasteiger partial charge in [-0.3, -0.25) is 9.80 Å². The van der Waals surface area contributed by atoms with Crippen molar-refractivity contribution in [3.63, 3.8) is 0 Å². The molecule has 178 valence electrons. The number of ether oxygens (including phenoxy) is 1. The zero-order valence-corrected chi connectivity index (χ0v) is 21.2. The quantitative estimate of drug-likeness (QED) is 0.369. The molecule has 2 atom stereocenters. The van der Waals surface area contributed by atoms with Crippen LogP contribution in [0.1, 0.15) is 36.1 Å². The highest BCUT2D eigenvalue weighted by molar-refractivity contribution is 5.85. The summed E-state index contributed by atoms with van der Waals surface area (Å²) < 4.78 is 6.51. The fraction of sp³-hybridized carbons (Fsp3) is 0.357. The molecule has 0 bridgehead atoms. The maximum absolute atomic E-state index is 6.51. The van der Waals surface area contributed by atoms with E-state index in [1.165, 1.54) is 16.7 Å². The second-order valence-corrected chi connectivity index (χ2v) is 8.28. The zero-order valence-electron chi connectivity index (χ0n) is 19.6. The largest absolute Gasteiger partial charge is 0.357 e. The van der Waals surface area contributed by atoms with Crippen molar-refractivity contribution < 1.29 is 4.74 Å². The van der Waals surface area contributed by atoms with E-state index in [4.69, 9.17) is 4.74 Å². The topological polar surface area (TPSA) is 15.7 Å². The van der Waals surface area contributed by atoms with Gasteiger partial charge < -0.3 is 4.74 Å². The van der Waals surface area contributed by atoms with Gasteiger partial charge in [-0.15, -0.1) is 24.8 Å². The Morgan fingerprint density at radius 1 is 0.818 bits per heavy atom. The number of hydrogen-bond acceptors (Lipinski definition) is 3. The SMILES string of the molecule is CCN1CCN(CCCc2ccccc2)C(c2ccccc2)C1(OC)c1ccccc1.Cl.Cl. The van der Waals surface area contributed by atoms with Crippen LogP contribution in [0, 0.1) is 0 Å². The van der Waals surface area contributed by atoms with Crippen LogP contribution in [0.3, 0.4) is 0 Å². The lowest BCUT2D eigenvalue weighted by Crippen LogP contribution is -2.62. The molecule has 5 heteroatoms. The molecule has 1 aliphatic heterocycles. The van der Waals surface area contributed by atoms with Gasteiger partial charge in [-0.1, -0.05) is 97.9 Å². The molecule has 1 aliphatic rings. The summed E-state index contributed by atoms with van der Waals surface area (Å²) >= 11 is 0. The first kappa shape index (κ1) is 27.4. The molecule has 2 unspecified atom stereocenters. The van der Waals surface area contributed by atoms with E-state index in [-0.39, 0.29) is 30.9 Å². The second-order valence-electron chi connectivity index (χ2n) is 8.28. The maximum atomic E-state index is 6.51. The molecule has 3 aromatic rings. The summed E-state index contributed by atoms with van der Waals surface area (Å²) in [4.78, 5) is 5.15. The third-order valence-corrected chi connectivity index (χ3v) is 6.61. The average Bonchev–Trinajstić information content (AvgIpc) is 2.85. The molecule has 3 nitrogen and oxygen atoms in total. The molecule has 1 heterocycles. The molecule has 1 fully saturated rings. The molecule has 0 spiro atoms. The van der Waals surface area contributed by atoms with Crippen LogP contribution in [-0.4, -0.2) is 43.1 Å². The molecular formula is C28H36Cl2N2O. The van der Waals surface area contributed by atoms with Crippen LogP contribution in [0.25, 0.3) is 0 Å². The molecule has 4 rings (SSSR count). The van der Waals surface area contributed by atoms with Crippen molar-refractivity contribution in [2.24, 2.45) is 0 Å². The Kier molecular flexibility index (Phi) is 10.9.